The monoisotopic (exact) mass is 439 g/mol. The summed E-state index contributed by atoms with van der Waals surface area (Å²) in [5.74, 6) is -0.223. The van der Waals surface area contributed by atoms with E-state index in [0.29, 0.717) is 10.4 Å². The molecule has 0 aliphatic heterocycles. The summed E-state index contributed by atoms with van der Waals surface area (Å²) in [5.41, 5.74) is 0.487. The molecule has 0 saturated heterocycles. The fourth-order valence-corrected chi connectivity index (χ4v) is 3.53. The van der Waals surface area contributed by atoms with Crippen molar-refractivity contribution in [2.75, 3.05) is 0 Å². The molecule has 112 valence electrons. The number of ether oxygens (including phenoxy) is 1. The van der Waals surface area contributed by atoms with Crippen molar-refractivity contribution < 1.29 is 18.3 Å². The van der Waals surface area contributed by atoms with Crippen LogP contribution in [0, 0.1) is 0 Å². The first-order valence-corrected chi connectivity index (χ1v) is 8.13. The van der Waals surface area contributed by atoms with E-state index in [1.54, 1.807) is 24.3 Å². The van der Waals surface area contributed by atoms with Gasteiger partial charge in [0.2, 0.25) is 0 Å². The topological polar surface area (TPSA) is 38.3 Å². The van der Waals surface area contributed by atoms with E-state index in [0.717, 1.165) is 8.26 Å². The van der Waals surface area contributed by atoms with Gasteiger partial charge in [-0.05, 0) is 44.0 Å². The summed E-state index contributed by atoms with van der Waals surface area (Å²) in [5, 5.41) is 2.67. The Labute approximate surface area is 140 Å². The molecular weight excluding hydrogens is 432 g/mol. The summed E-state index contributed by atoms with van der Waals surface area (Å²) in [6, 6.07) is 8.03. The third-order valence-corrected chi connectivity index (χ3v) is 5.75. The SMILES string of the molecule is O=C(NCc1ccccc1OC(F)F)c1cc(Br)c(Br)s1. The lowest BCUT2D eigenvalue weighted by Gasteiger charge is -2.10. The van der Waals surface area contributed by atoms with Crippen molar-refractivity contribution >= 4 is 49.1 Å². The molecule has 1 heterocycles. The number of halogens is 4. The zero-order chi connectivity index (χ0) is 15.4. The summed E-state index contributed by atoms with van der Waals surface area (Å²) < 4.78 is 30.6. The van der Waals surface area contributed by atoms with Crippen molar-refractivity contribution in [3.63, 3.8) is 0 Å². The number of carbonyl (C=O) groups is 1. The molecule has 1 N–H and O–H groups in total. The van der Waals surface area contributed by atoms with Gasteiger partial charge < -0.3 is 10.1 Å². The highest BCUT2D eigenvalue weighted by molar-refractivity contribution is 9.13. The predicted molar refractivity (Wildman–Crippen MR) is 84.0 cm³/mol. The van der Waals surface area contributed by atoms with E-state index in [1.165, 1.54) is 17.4 Å². The first kappa shape index (κ1) is 16.4. The number of alkyl halides is 2. The van der Waals surface area contributed by atoms with Gasteiger partial charge in [0, 0.05) is 16.6 Å². The normalized spacial score (nSPS) is 10.7. The summed E-state index contributed by atoms with van der Waals surface area (Å²) >= 11 is 7.89. The lowest BCUT2D eigenvalue weighted by Crippen LogP contribution is -2.22. The van der Waals surface area contributed by atoms with Gasteiger partial charge in [-0.3, -0.25) is 4.79 Å². The Morgan fingerprint density at radius 1 is 1.33 bits per heavy atom. The molecule has 2 rings (SSSR count). The van der Waals surface area contributed by atoms with Gasteiger partial charge >= 0.3 is 6.61 Å². The van der Waals surface area contributed by atoms with Crippen molar-refractivity contribution in [1.82, 2.24) is 5.32 Å². The van der Waals surface area contributed by atoms with E-state index in [-0.39, 0.29) is 18.2 Å². The van der Waals surface area contributed by atoms with E-state index in [1.807, 2.05) is 0 Å². The third kappa shape index (κ3) is 4.49. The van der Waals surface area contributed by atoms with E-state index < -0.39 is 6.61 Å². The van der Waals surface area contributed by atoms with Gasteiger partial charge in [0.25, 0.3) is 5.91 Å². The molecule has 0 saturated carbocycles. The second-order valence-electron chi connectivity index (χ2n) is 3.90. The number of para-hydroxylation sites is 1. The Bertz CT molecular complexity index is 629. The van der Waals surface area contributed by atoms with E-state index in [9.17, 15) is 13.6 Å². The van der Waals surface area contributed by atoms with Gasteiger partial charge in [-0.2, -0.15) is 8.78 Å². The summed E-state index contributed by atoms with van der Waals surface area (Å²) in [4.78, 5) is 12.5. The predicted octanol–water partition coefficient (Wildman–Crippen LogP) is 4.80. The molecule has 3 nitrogen and oxygen atoms in total. The zero-order valence-corrected chi connectivity index (χ0v) is 14.4. The van der Waals surface area contributed by atoms with Crippen LogP contribution in [0.4, 0.5) is 8.78 Å². The quantitative estimate of drug-likeness (QED) is 0.724. The van der Waals surface area contributed by atoms with Crippen LogP contribution in [0.5, 0.6) is 5.75 Å². The van der Waals surface area contributed by atoms with Crippen molar-refractivity contribution in [3.05, 3.63) is 49.0 Å². The highest BCUT2D eigenvalue weighted by Gasteiger charge is 2.13. The molecule has 1 aromatic carbocycles. The molecule has 0 fully saturated rings. The van der Waals surface area contributed by atoms with Crippen molar-refractivity contribution in [3.8, 4) is 5.75 Å². The van der Waals surface area contributed by atoms with Gasteiger partial charge in [-0.15, -0.1) is 11.3 Å². The maximum absolute atomic E-state index is 12.3. The van der Waals surface area contributed by atoms with Crippen LogP contribution in [0.3, 0.4) is 0 Å². The number of nitrogens with one attached hydrogen (secondary N) is 1. The first-order valence-electron chi connectivity index (χ1n) is 5.73. The van der Waals surface area contributed by atoms with Gasteiger partial charge in [-0.25, -0.2) is 0 Å². The molecule has 0 spiro atoms. The minimum absolute atomic E-state index is 0.0568. The molecule has 0 aliphatic carbocycles. The Hall–Kier alpha value is -0.990. The third-order valence-electron chi connectivity index (χ3n) is 2.50. The van der Waals surface area contributed by atoms with Crippen LogP contribution in [0.15, 0.2) is 38.6 Å². The van der Waals surface area contributed by atoms with Crippen LogP contribution in [-0.2, 0) is 6.54 Å². The second kappa shape index (κ2) is 7.33. The molecule has 2 aromatic rings. The smallest absolute Gasteiger partial charge is 0.387 e. The number of hydrogen-bond donors (Lipinski definition) is 1. The van der Waals surface area contributed by atoms with Crippen LogP contribution in [0.2, 0.25) is 0 Å². The molecular formula is C13H9Br2F2NO2S. The molecule has 0 radical (unpaired) electrons. The summed E-state index contributed by atoms with van der Waals surface area (Å²) in [6.45, 7) is -2.79. The maximum Gasteiger partial charge on any atom is 0.387 e. The molecule has 21 heavy (non-hydrogen) atoms. The molecule has 8 heteroatoms. The lowest BCUT2D eigenvalue weighted by molar-refractivity contribution is -0.0504. The number of thiophene rings is 1. The highest BCUT2D eigenvalue weighted by Crippen LogP contribution is 2.32. The van der Waals surface area contributed by atoms with Gasteiger partial charge in [0.05, 0.1) is 8.66 Å². The number of amides is 1. The fourth-order valence-electron chi connectivity index (χ4n) is 1.58. The number of carbonyl (C=O) groups excluding carboxylic acids is 1. The van der Waals surface area contributed by atoms with Crippen LogP contribution < -0.4 is 10.1 Å². The standard InChI is InChI=1S/C13H9Br2F2NO2S/c14-8-5-10(21-11(8)15)12(19)18-6-7-3-1-2-4-9(7)20-13(16)17/h1-5,13H,6H2,(H,18,19). The molecule has 0 unspecified atom stereocenters. The molecule has 0 atom stereocenters. The van der Waals surface area contributed by atoms with Crippen molar-refractivity contribution in [2.24, 2.45) is 0 Å². The summed E-state index contributed by atoms with van der Waals surface area (Å²) in [7, 11) is 0. The Morgan fingerprint density at radius 2 is 2.05 bits per heavy atom. The average molecular weight is 441 g/mol. The van der Waals surface area contributed by atoms with E-state index in [2.05, 4.69) is 41.9 Å². The largest absolute Gasteiger partial charge is 0.434 e. The average Bonchev–Trinajstić information content (AvgIpc) is 2.77. The van der Waals surface area contributed by atoms with Crippen LogP contribution in [0.1, 0.15) is 15.2 Å². The van der Waals surface area contributed by atoms with Crippen LogP contribution in [0.25, 0.3) is 0 Å². The lowest BCUT2D eigenvalue weighted by atomic mass is 10.2. The van der Waals surface area contributed by atoms with Gasteiger partial charge in [0.15, 0.2) is 0 Å². The van der Waals surface area contributed by atoms with E-state index in [4.69, 9.17) is 0 Å². The summed E-state index contributed by atoms with van der Waals surface area (Å²) in [6.07, 6.45) is 0. The Morgan fingerprint density at radius 3 is 2.67 bits per heavy atom. The van der Waals surface area contributed by atoms with Gasteiger partial charge in [-0.1, -0.05) is 18.2 Å². The highest BCUT2D eigenvalue weighted by atomic mass is 79.9. The molecule has 0 bridgehead atoms. The van der Waals surface area contributed by atoms with Crippen molar-refractivity contribution in [1.29, 1.82) is 0 Å². The van der Waals surface area contributed by atoms with Crippen LogP contribution >= 0.6 is 43.2 Å². The number of rotatable bonds is 5. The number of hydrogen-bond acceptors (Lipinski definition) is 3. The minimum atomic E-state index is -2.90. The maximum atomic E-state index is 12.3. The minimum Gasteiger partial charge on any atom is -0.434 e. The van der Waals surface area contributed by atoms with E-state index >= 15 is 0 Å². The Kier molecular flexibility index (Phi) is 5.72. The number of benzene rings is 1. The van der Waals surface area contributed by atoms with Gasteiger partial charge in [0.1, 0.15) is 5.75 Å². The molecule has 1 aromatic heterocycles. The Balaban J connectivity index is 2.04. The van der Waals surface area contributed by atoms with Crippen molar-refractivity contribution in [2.45, 2.75) is 13.2 Å². The first-order chi connectivity index (χ1) is 9.97. The molecule has 0 aliphatic rings. The second-order valence-corrected chi connectivity index (χ2v) is 7.13. The zero-order valence-electron chi connectivity index (χ0n) is 10.4. The van der Waals surface area contributed by atoms with Crippen LogP contribution in [-0.4, -0.2) is 12.5 Å². The molecule has 1 amide bonds. The fraction of sp³-hybridized carbons (Fsp3) is 0.154.